The summed E-state index contributed by atoms with van der Waals surface area (Å²) in [5.41, 5.74) is -0.806. The Labute approximate surface area is 145 Å². The molecule has 1 aromatic carbocycles. The Morgan fingerprint density at radius 3 is 2.68 bits per heavy atom. The highest BCUT2D eigenvalue weighted by molar-refractivity contribution is 6.07. The molecule has 2 N–H and O–H groups in total. The van der Waals surface area contributed by atoms with Crippen LogP contribution in [0.2, 0.25) is 0 Å². The zero-order chi connectivity index (χ0) is 18.8. The maximum atomic E-state index is 12.5. The van der Waals surface area contributed by atoms with Gasteiger partial charge in [0, 0.05) is 37.6 Å². The molecule has 8 nitrogen and oxygen atoms in total. The number of rotatable bonds is 7. The van der Waals surface area contributed by atoms with Gasteiger partial charge in [0.2, 0.25) is 5.78 Å². The van der Waals surface area contributed by atoms with Crippen LogP contribution in [-0.4, -0.2) is 37.5 Å². The van der Waals surface area contributed by atoms with Crippen molar-refractivity contribution in [2.45, 2.75) is 26.4 Å². The van der Waals surface area contributed by atoms with E-state index in [4.69, 9.17) is 0 Å². The molecule has 0 spiro atoms. The summed E-state index contributed by atoms with van der Waals surface area (Å²) in [6.07, 6.45) is 3.12. The number of ketones is 1. The van der Waals surface area contributed by atoms with Crippen molar-refractivity contribution in [3.8, 4) is 0 Å². The summed E-state index contributed by atoms with van der Waals surface area (Å²) in [7, 11) is 1.68. The SMILES string of the molecule is CC(C)C(C)(O)CNc1ccc(C(=O)c2nccn2C)cc1[N+](=O)[O-]. The summed E-state index contributed by atoms with van der Waals surface area (Å²) >= 11 is 0. The van der Waals surface area contributed by atoms with E-state index in [0.717, 1.165) is 0 Å². The van der Waals surface area contributed by atoms with Crippen LogP contribution in [0.4, 0.5) is 11.4 Å². The lowest BCUT2D eigenvalue weighted by atomic mass is 9.92. The monoisotopic (exact) mass is 346 g/mol. The molecule has 0 bridgehead atoms. The van der Waals surface area contributed by atoms with Gasteiger partial charge < -0.3 is 15.0 Å². The molecule has 0 saturated heterocycles. The Morgan fingerprint density at radius 2 is 2.16 bits per heavy atom. The third-order valence-corrected chi connectivity index (χ3v) is 4.36. The molecule has 25 heavy (non-hydrogen) atoms. The lowest BCUT2D eigenvalue weighted by Crippen LogP contribution is -2.38. The van der Waals surface area contributed by atoms with Crippen LogP contribution in [0.5, 0.6) is 0 Å². The molecule has 1 heterocycles. The van der Waals surface area contributed by atoms with Crippen LogP contribution in [-0.2, 0) is 7.05 Å². The van der Waals surface area contributed by atoms with E-state index in [0.29, 0.717) is 0 Å². The van der Waals surface area contributed by atoms with E-state index in [1.165, 1.54) is 24.4 Å². The average molecular weight is 346 g/mol. The van der Waals surface area contributed by atoms with E-state index in [1.54, 1.807) is 24.7 Å². The number of carbonyl (C=O) groups is 1. The number of aliphatic hydroxyl groups is 1. The topological polar surface area (TPSA) is 110 Å². The quantitative estimate of drug-likeness (QED) is 0.452. The molecule has 0 radical (unpaired) electrons. The van der Waals surface area contributed by atoms with E-state index in [9.17, 15) is 20.0 Å². The average Bonchev–Trinajstić information content (AvgIpc) is 2.98. The molecular formula is C17H22N4O4. The predicted octanol–water partition coefficient (Wildman–Crippen LogP) is 2.38. The molecule has 0 aliphatic carbocycles. The molecule has 2 aromatic rings. The van der Waals surface area contributed by atoms with Crippen molar-refractivity contribution >= 4 is 17.2 Å². The molecule has 2 rings (SSSR count). The lowest BCUT2D eigenvalue weighted by molar-refractivity contribution is -0.384. The Kier molecular flexibility index (Phi) is 5.22. The smallest absolute Gasteiger partial charge is 0.293 e. The van der Waals surface area contributed by atoms with Gasteiger partial charge in [-0.1, -0.05) is 13.8 Å². The first-order valence-electron chi connectivity index (χ1n) is 7.90. The van der Waals surface area contributed by atoms with E-state index < -0.39 is 16.3 Å². The van der Waals surface area contributed by atoms with Gasteiger partial charge in [-0.25, -0.2) is 4.98 Å². The number of anilines is 1. The minimum Gasteiger partial charge on any atom is -0.388 e. The summed E-state index contributed by atoms with van der Waals surface area (Å²) in [5.74, 6) is -0.211. The number of aromatic nitrogens is 2. The molecule has 0 fully saturated rings. The van der Waals surface area contributed by atoms with Crippen LogP contribution >= 0.6 is 0 Å². The van der Waals surface area contributed by atoms with Crippen LogP contribution < -0.4 is 5.32 Å². The predicted molar refractivity (Wildman–Crippen MR) is 93.7 cm³/mol. The van der Waals surface area contributed by atoms with Gasteiger partial charge >= 0.3 is 0 Å². The highest BCUT2D eigenvalue weighted by Gasteiger charge is 2.26. The standard InChI is InChI=1S/C17H22N4O4/c1-11(2)17(3,23)10-19-13-6-5-12(9-14(13)21(24)25)15(22)16-18-7-8-20(16)4/h5-9,11,19,23H,10H2,1-4H3. The van der Waals surface area contributed by atoms with Gasteiger partial charge in [-0.15, -0.1) is 0 Å². The highest BCUT2D eigenvalue weighted by atomic mass is 16.6. The van der Waals surface area contributed by atoms with Crippen molar-refractivity contribution in [2.24, 2.45) is 13.0 Å². The number of nitro groups is 1. The van der Waals surface area contributed by atoms with E-state index >= 15 is 0 Å². The van der Waals surface area contributed by atoms with Gasteiger partial charge in [0.25, 0.3) is 5.69 Å². The number of nitro benzene ring substituents is 1. The van der Waals surface area contributed by atoms with Gasteiger partial charge in [0.05, 0.1) is 10.5 Å². The molecular weight excluding hydrogens is 324 g/mol. The van der Waals surface area contributed by atoms with Crippen LogP contribution in [0.3, 0.4) is 0 Å². The molecule has 1 unspecified atom stereocenters. The highest BCUT2D eigenvalue weighted by Crippen LogP contribution is 2.28. The lowest BCUT2D eigenvalue weighted by Gasteiger charge is -2.28. The third-order valence-electron chi connectivity index (χ3n) is 4.36. The molecule has 0 aliphatic heterocycles. The first-order chi connectivity index (χ1) is 11.6. The van der Waals surface area contributed by atoms with E-state index in [-0.39, 0.29) is 35.2 Å². The second-order valence-electron chi connectivity index (χ2n) is 6.55. The van der Waals surface area contributed by atoms with E-state index in [1.807, 2.05) is 13.8 Å². The fraction of sp³-hybridized carbons (Fsp3) is 0.412. The molecule has 1 aromatic heterocycles. The normalized spacial score (nSPS) is 13.5. The number of carbonyl (C=O) groups excluding carboxylic acids is 1. The van der Waals surface area contributed by atoms with Gasteiger partial charge in [0.1, 0.15) is 5.69 Å². The third kappa shape index (κ3) is 4.03. The molecule has 1 atom stereocenters. The van der Waals surface area contributed by atoms with Gasteiger partial charge in [-0.05, 0) is 25.0 Å². The summed E-state index contributed by atoms with van der Waals surface area (Å²) in [6.45, 7) is 5.54. The maximum Gasteiger partial charge on any atom is 0.293 e. The largest absolute Gasteiger partial charge is 0.388 e. The maximum absolute atomic E-state index is 12.5. The number of imidazole rings is 1. The second kappa shape index (κ2) is 7.02. The Bertz CT molecular complexity index is 796. The van der Waals surface area contributed by atoms with Crippen molar-refractivity contribution in [1.82, 2.24) is 9.55 Å². The second-order valence-corrected chi connectivity index (χ2v) is 6.55. The Morgan fingerprint density at radius 1 is 1.48 bits per heavy atom. The number of aryl methyl sites for hydroxylation is 1. The summed E-state index contributed by atoms with van der Waals surface area (Å²) < 4.78 is 1.56. The fourth-order valence-corrected chi connectivity index (χ4v) is 2.17. The van der Waals surface area contributed by atoms with Crippen molar-refractivity contribution in [3.63, 3.8) is 0 Å². The van der Waals surface area contributed by atoms with Crippen molar-refractivity contribution in [1.29, 1.82) is 0 Å². The van der Waals surface area contributed by atoms with Crippen LogP contribution in [0.25, 0.3) is 0 Å². The summed E-state index contributed by atoms with van der Waals surface area (Å²) in [4.78, 5) is 27.3. The van der Waals surface area contributed by atoms with Crippen molar-refractivity contribution < 1.29 is 14.8 Å². The number of benzene rings is 1. The van der Waals surface area contributed by atoms with Crippen LogP contribution in [0.1, 0.15) is 37.0 Å². The minimum absolute atomic E-state index is 0.0247. The summed E-state index contributed by atoms with van der Waals surface area (Å²) in [6, 6.07) is 4.21. The number of nitrogens with one attached hydrogen (secondary N) is 1. The first kappa shape index (κ1) is 18.6. The van der Waals surface area contributed by atoms with Crippen molar-refractivity contribution in [2.75, 3.05) is 11.9 Å². The number of hydrogen-bond donors (Lipinski definition) is 2. The zero-order valence-electron chi connectivity index (χ0n) is 14.7. The first-order valence-corrected chi connectivity index (χ1v) is 7.90. The molecule has 0 saturated carbocycles. The van der Waals surface area contributed by atoms with Gasteiger partial charge in [0.15, 0.2) is 5.82 Å². The van der Waals surface area contributed by atoms with Gasteiger partial charge in [-0.2, -0.15) is 0 Å². The van der Waals surface area contributed by atoms with Crippen LogP contribution in [0, 0.1) is 16.0 Å². The minimum atomic E-state index is -1.02. The van der Waals surface area contributed by atoms with Gasteiger partial charge in [-0.3, -0.25) is 14.9 Å². The Hall–Kier alpha value is -2.74. The van der Waals surface area contributed by atoms with E-state index in [2.05, 4.69) is 10.3 Å². The Balaban J connectivity index is 2.31. The van der Waals surface area contributed by atoms with Crippen LogP contribution in [0.15, 0.2) is 30.6 Å². The molecule has 0 aliphatic rings. The number of hydrogen-bond acceptors (Lipinski definition) is 6. The molecule has 8 heteroatoms. The fourth-order valence-electron chi connectivity index (χ4n) is 2.17. The zero-order valence-corrected chi connectivity index (χ0v) is 14.7. The molecule has 134 valence electrons. The van der Waals surface area contributed by atoms with Crippen molar-refractivity contribution in [3.05, 3.63) is 52.1 Å². The number of nitrogens with zero attached hydrogens (tertiary/aromatic N) is 3. The summed E-state index contributed by atoms with van der Waals surface area (Å²) in [5, 5.41) is 24.6. The molecule has 0 amide bonds.